The number of thioether (sulfide) groups is 4. The van der Waals surface area contributed by atoms with Crippen molar-refractivity contribution >= 4 is 88.6 Å². The van der Waals surface area contributed by atoms with E-state index in [0.717, 1.165) is 55.8 Å². The van der Waals surface area contributed by atoms with Crippen molar-refractivity contribution in [3.8, 4) is 11.5 Å². The van der Waals surface area contributed by atoms with Gasteiger partial charge in [0.25, 0.3) is 22.2 Å². The number of phenols is 2. The molecule has 6 heterocycles. The number of aromatic hydroxyl groups is 2. The molecule has 2 aliphatic heterocycles. The van der Waals surface area contributed by atoms with Crippen LogP contribution in [0.1, 0.15) is 0 Å². The minimum Gasteiger partial charge on any atom is -0.505 e. The van der Waals surface area contributed by atoms with Crippen molar-refractivity contribution in [2.24, 2.45) is 0 Å². The van der Waals surface area contributed by atoms with Crippen LogP contribution in [0.2, 0.25) is 0 Å². The molecule has 18 heteroatoms. The summed E-state index contributed by atoms with van der Waals surface area (Å²) in [6.45, 7) is 0. The highest BCUT2D eigenvalue weighted by atomic mass is 32.2. The molecule has 48 heavy (non-hydrogen) atoms. The number of H-pyrrole nitrogens is 2. The summed E-state index contributed by atoms with van der Waals surface area (Å²) in [5.74, 6) is -0.516. The maximum absolute atomic E-state index is 13.2. The van der Waals surface area contributed by atoms with E-state index >= 15 is 0 Å². The molecule has 0 amide bonds. The highest BCUT2D eigenvalue weighted by Crippen LogP contribution is 2.67. The zero-order chi connectivity index (χ0) is 33.2. The summed E-state index contributed by atoms with van der Waals surface area (Å²) in [6, 6.07) is 12.8. The second-order valence-corrected chi connectivity index (χ2v) is 15.1. The van der Waals surface area contributed by atoms with Crippen LogP contribution in [0.4, 0.5) is 0 Å². The predicted molar refractivity (Wildman–Crippen MR) is 182 cm³/mol. The fourth-order valence-electron chi connectivity index (χ4n) is 5.61. The van der Waals surface area contributed by atoms with Crippen molar-refractivity contribution in [3.05, 3.63) is 121 Å². The predicted octanol–water partition coefficient (Wildman–Crippen LogP) is 0.882. The molecule has 0 spiro atoms. The topological polar surface area (TPSA) is 209 Å². The lowest BCUT2D eigenvalue weighted by Crippen LogP contribution is -2.43. The van der Waals surface area contributed by atoms with E-state index < -0.39 is 33.6 Å². The molecule has 0 fully saturated rings. The van der Waals surface area contributed by atoms with Gasteiger partial charge in [0.05, 0.1) is 49.9 Å². The third-order valence-electron chi connectivity index (χ3n) is 7.76. The van der Waals surface area contributed by atoms with Crippen LogP contribution in [0.15, 0.2) is 96.9 Å². The third-order valence-corrected chi connectivity index (χ3v) is 13.0. The average molecular weight is 713 g/mol. The minimum atomic E-state index is -0.953. The summed E-state index contributed by atoms with van der Waals surface area (Å²) in [7, 11) is 0. The van der Waals surface area contributed by atoms with Crippen LogP contribution in [-0.4, -0.2) is 39.0 Å². The molecule has 14 nitrogen and oxygen atoms in total. The molecule has 0 aliphatic carbocycles. The van der Waals surface area contributed by atoms with Crippen molar-refractivity contribution in [3.63, 3.8) is 0 Å². The lowest BCUT2D eigenvalue weighted by Gasteiger charge is -2.08. The molecule has 0 atom stereocenters. The third kappa shape index (κ3) is 3.87. The van der Waals surface area contributed by atoms with Gasteiger partial charge in [0.2, 0.25) is 0 Å². The largest absolute Gasteiger partial charge is 0.505 e. The molecule has 9 rings (SSSR count). The Labute approximate surface area is 278 Å². The van der Waals surface area contributed by atoms with Gasteiger partial charge in [0, 0.05) is 0 Å². The van der Waals surface area contributed by atoms with E-state index in [-0.39, 0.29) is 83.1 Å². The van der Waals surface area contributed by atoms with Gasteiger partial charge in [-0.15, -0.1) is 0 Å². The molecule has 0 unspecified atom stereocenters. The zero-order valence-electron chi connectivity index (χ0n) is 23.4. The molecule has 0 saturated carbocycles. The van der Waals surface area contributed by atoms with E-state index in [0.29, 0.717) is 0 Å². The number of para-hydroxylation sites is 2. The number of aromatic amines is 2. The van der Waals surface area contributed by atoms with Crippen molar-refractivity contribution in [1.82, 2.24) is 28.7 Å². The summed E-state index contributed by atoms with van der Waals surface area (Å²) in [5, 5.41) is 23.2. The van der Waals surface area contributed by atoms with Crippen LogP contribution < -0.4 is 44.1 Å². The van der Waals surface area contributed by atoms with E-state index in [1.54, 1.807) is 36.4 Å². The van der Waals surface area contributed by atoms with Crippen molar-refractivity contribution in [2.45, 2.75) is 19.6 Å². The maximum atomic E-state index is 13.2. The number of benzene rings is 3. The van der Waals surface area contributed by atoms with Gasteiger partial charge < -0.3 is 10.2 Å². The van der Waals surface area contributed by atoms with E-state index in [4.69, 9.17) is 0 Å². The summed E-state index contributed by atoms with van der Waals surface area (Å²) in [4.78, 5) is 92.4. The Bertz CT molecular complexity index is 2940. The number of phenolic OH excluding ortho intramolecular Hbond substituents is 2. The first-order chi connectivity index (χ1) is 23.1. The molecule has 3 aromatic carbocycles. The number of aromatic nitrogens is 6. The zero-order valence-corrected chi connectivity index (χ0v) is 26.7. The van der Waals surface area contributed by atoms with Gasteiger partial charge in [0.1, 0.15) is 21.9 Å². The Balaban J connectivity index is 1.26. The number of rotatable bonds is 0. The molecule has 0 saturated heterocycles. The SMILES string of the molecule is O=c1[nH]c(=O)n2c(=O)c3ccccc3nc2c1=C1Sc2c(O)c3c(c(O)c2S1)SC(=c1c(=O)[nH]c(=O)n2c(=O)c4ccccc4nc12)S3. The van der Waals surface area contributed by atoms with Crippen LogP contribution >= 0.6 is 47.0 Å². The first kappa shape index (κ1) is 28.9. The summed E-state index contributed by atoms with van der Waals surface area (Å²) in [5.41, 5.74) is -4.65. The molecule has 4 aromatic heterocycles. The van der Waals surface area contributed by atoms with Crippen LogP contribution in [0.25, 0.3) is 41.6 Å². The number of hydrogen-bond acceptors (Lipinski definition) is 14. The highest BCUT2D eigenvalue weighted by molar-refractivity contribution is 8.33. The van der Waals surface area contributed by atoms with E-state index in [9.17, 15) is 39.0 Å². The standard InChI is InChI=1S/C30H12N6O8S4/c37-15-17-18(46-27(45-17)13-21-31-11-7-3-1-5-9(11)25(41)35(21)29(43)33-23(13)39)16(38)20-19(15)47-28(48-20)14-22-32-12-8-4-2-6-10(12)26(42)36(22)30(44)34-24(14)40/h1-8,37-38H,(H,33,39,43)(H,34,40,44). The van der Waals surface area contributed by atoms with E-state index in [1.165, 1.54) is 12.1 Å². The first-order valence-electron chi connectivity index (χ1n) is 13.7. The molecular formula is C30H12N6O8S4. The Hall–Kier alpha value is -5.30. The van der Waals surface area contributed by atoms with Gasteiger partial charge in [0.15, 0.2) is 11.3 Å². The van der Waals surface area contributed by atoms with Gasteiger partial charge in [-0.25, -0.2) is 28.4 Å². The van der Waals surface area contributed by atoms with Crippen molar-refractivity contribution in [2.75, 3.05) is 0 Å². The van der Waals surface area contributed by atoms with Gasteiger partial charge in [-0.3, -0.25) is 29.1 Å². The lowest BCUT2D eigenvalue weighted by atomic mass is 10.2. The summed E-state index contributed by atoms with van der Waals surface area (Å²) < 4.78 is 2.06. The monoisotopic (exact) mass is 712 g/mol. The fourth-order valence-corrected chi connectivity index (χ4v) is 11.0. The van der Waals surface area contributed by atoms with E-state index in [2.05, 4.69) is 19.9 Å². The van der Waals surface area contributed by atoms with Crippen LogP contribution in [0, 0.1) is 0 Å². The number of hydrogen-bond donors (Lipinski definition) is 4. The van der Waals surface area contributed by atoms with Gasteiger partial charge in [-0.2, -0.15) is 0 Å². The summed E-state index contributed by atoms with van der Waals surface area (Å²) in [6.07, 6.45) is 0. The van der Waals surface area contributed by atoms with Crippen LogP contribution in [-0.2, 0) is 0 Å². The van der Waals surface area contributed by atoms with Gasteiger partial charge in [-0.05, 0) is 24.3 Å². The summed E-state index contributed by atoms with van der Waals surface area (Å²) >= 11 is 3.77. The van der Waals surface area contributed by atoms with Crippen molar-refractivity contribution < 1.29 is 10.2 Å². The second-order valence-electron chi connectivity index (χ2n) is 10.5. The van der Waals surface area contributed by atoms with Gasteiger partial charge >= 0.3 is 11.4 Å². The maximum Gasteiger partial charge on any atom is 0.337 e. The Morgan fingerprint density at radius 1 is 0.542 bits per heavy atom. The first-order valence-corrected chi connectivity index (χ1v) is 17.0. The average Bonchev–Trinajstić information content (AvgIpc) is 3.70. The van der Waals surface area contributed by atoms with Crippen LogP contribution in [0.5, 0.6) is 11.5 Å². The fraction of sp³-hybridized carbons (Fsp3) is 0. The molecule has 7 aromatic rings. The molecule has 234 valence electrons. The second kappa shape index (κ2) is 10.1. The van der Waals surface area contributed by atoms with Gasteiger partial charge in [-0.1, -0.05) is 71.3 Å². The molecular weight excluding hydrogens is 701 g/mol. The Morgan fingerprint density at radius 3 is 1.27 bits per heavy atom. The Kier molecular flexibility index (Phi) is 6.08. The molecule has 0 bridgehead atoms. The number of nitrogens with zero attached hydrogens (tertiary/aromatic N) is 4. The Morgan fingerprint density at radius 2 is 0.896 bits per heavy atom. The highest BCUT2D eigenvalue weighted by Gasteiger charge is 2.36. The molecule has 2 aliphatic rings. The quantitative estimate of drug-likeness (QED) is 0.127. The smallest absolute Gasteiger partial charge is 0.337 e. The number of fused-ring (bicyclic) bond motifs is 6. The minimum absolute atomic E-state index is 0.0883. The number of nitrogens with one attached hydrogen (secondary N) is 2. The lowest BCUT2D eigenvalue weighted by molar-refractivity contribution is 0.411. The van der Waals surface area contributed by atoms with E-state index in [1.807, 2.05) is 0 Å². The molecule has 0 radical (unpaired) electrons. The molecule has 4 N–H and O–H groups in total. The van der Waals surface area contributed by atoms with Crippen molar-refractivity contribution in [1.29, 1.82) is 0 Å². The van der Waals surface area contributed by atoms with Crippen LogP contribution in [0.3, 0.4) is 0 Å². The normalized spacial score (nSPS) is 14.1.